The summed E-state index contributed by atoms with van der Waals surface area (Å²) in [5.74, 6) is 0.767. The van der Waals surface area contributed by atoms with Gasteiger partial charge in [0.25, 0.3) is 0 Å². The maximum Gasteiger partial charge on any atom is 0.242 e. The first-order valence-corrected chi connectivity index (χ1v) is 12.1. The van der Waals surface area contributed by atoms with E-state index in [1.54, 1.807) is 12.1 Å². The maximum atomic E-state index is 13.0. The summed E-state index contributed by atoms with van der Waals surface area (Å²) in [6.45, 7) is 3.99. The average molecular weight is 428 g/mol. The Morgan fingerprint density at radius 3 is 2.47 bits per heavy atom. The molecule has 2 aromatic rings. The molecule has 1 atom stereocenters. The molecule has 2 aromatic carbocycles. The number of amides is 1. The minimum absolute atomic E-state index is 0.127. The van der Waals surface area contributed by atoms with Gasteiger partial charge in [-0.25, -0.2) is 13.6 Å². The average Bonchev–Trinajstić information content (AvgIpc) is 3.03. The Labute approximate surface area is 178 Å². The first-order valence-electron chi connectivity index (χ1n) is 10.6. The number of carbonyl (C=O) groups excluding carboxylic acids is 1. The zero-order valence-electron chi connectivity index (χ0n) is 17.3. The molecule has 160 valence electrons. The molecule has 0 saturated carbocycles. The van der Waals surface area contributed by atoms with Gasteiger partial charge >= 0.3 is 0 Å². The number of likely N-dealkylation sites (tertiary alicyclic amines) is 1. The summed E-state index contributed by atoms with van der Waals surface area (Å²) in [6.07, 6.45) is 3.85. The van der Waals surface area contributed by atoms with Crippen molar-refractivity contribution in [2.75, 3.05) is 24.5 Å². The van der Waals surface area contributed by atoms with Crippen LogP contribution < -0.4 is 10.0 Å². The Bertz CT molecular complexity index is 1020. The van der Waals surface area contributed by atoms with E-state index < -0.39 is 10.0 Å². The van der Waals surface area contributed by atoms with Crippen LogP contribution in [0.5, 0.6) is 0 Å². The molecular formula is C23H29N3O3S. The maximum absolute atomic E-state index is 13.0. The van der Waals surface area contributed by atoms with Crippen molar-refractivity contribution in [3.63, 3.8) is 0 Å². The summed E-state index contributed by atoms with van der Waals surface area (Å²) < 4.78 is 23.3. The number of hydrogen-bond donors (Lipinski definition) is 1. The van der Waals surface area contributed by atoms with Gasteiger partial charge in [-0.05, 0) is 67.9 Å². The Balaban J connectivity index is 1.36. The van der Waals surface area contributed by atoms with Gasteiger partial charge in [-0.3, -0.25) is 4.79 Å². The monoisotopic (exact) mass is 427 g/mol. The van der Waals surface area contributed by atoms with Crippen LogP contribution in [0.1, 0.15) is 30.9 Å². The normalized spacial score (nSPS) is 19.7. The number of hydrogen-bond acceptors (Lipinski definition) is 4. The Morgan fingerprint density at radius 1 is 1.10 bits per heavy atom. The largest absolute Gasteiger partial charge is 0.359 e. The zero-order chi connectivity index (χ0) is 21.3. The minimum atomic E-state index is -3.72. The van der Waals surface area contributed by atoms with Crippen molar-refractivity contribution in [3.8, 4) is 0 Å². The molecule has 6 nitrogen and oxygen atoms in total. The molecule has 0 aliphatic carbocycles. The van der Waals surface area contributed by atoms with Crippen LogP contribution in [0.25, 0.3) is 0 Å². The van der Waals surface area contributed by atoms with E-state index >= 15 is 0 Å². The first-order chi connectivity index (χ1) is 14.3. The lowest BCUT2D eigenvalue weighted by Crippen LogP contribution is -2.45. The third kappa shape index (κ3) is 4.52. The summed E-state index contributed by atoms with van der Waals surface area (Å²) in [6, 6.07) is 15.6. The van der Waals surface area contributed by atoms with E-state index in [4.69, 9.17) is 5.14 Å². The van der Waals surface area contributed by atoms with Crippen molar-refractivity contribution in [1.82, 2.24) is 4.90 Å². The number of nitrogens with zero attached hydrogens (tertiary/aromatic N) is 2. The summed E-state index contributed by atoms with van der Waals surface area (Å²) in [7, 11) is -3.72. The van der Waals surface area contributed by atoms with E-state index in [0.29, 0.717) is 18.9 Å². The van der Waals surface area contributed by atoms with E-state index in [1.807, 2.05) is 11.0 Å². The number of carbonyl (C=O) groups is 1. The minimum Gasteiger partial charge on any atom is -0.359 e. The number of fused-ring (bicyclic) bond motifs is 1. The van der Waals surface area contributed by atoms with Crippen molar-refractivity contribution in [1.29, 1.82) is 0 Å². The second-order valence-corrected chi connectivity index (χ2v) is 10.1. The van der Waals surface area contributed by atoms with E-state index in [1.165, 1.54) is 11.6 Å². The van der Waals surface area contributed by atoms with Gasteiger partial charge in [0.2, 0.25) is 15.9 Å². The molecule has 4 rings (SSSR count). The lowest BCUT2D eigenvalue weighted by Gasteiger charge is -2.34. The Morgan fingerprint density at radius 2 is 1.80 bits per heavy atom. The molecule has 1 amide bonds. The van der Waals surface area contributed by atoms with Gasteiger partial charge in [0.1, 0.15) is 0 Å². The highest BCUT2D eigenvalue weighted by atomic mass is 32.2. The third-order valence-corrected chi connectivity index (χ3v) is 7.29. The molecule has 1 unspecified atom stereocenters. The van der Waals surface area contributed by atoms with Crippen LogP contribution in [0.4, 0.5) is 5.69 Å². The van der Waals surface area contributed by atoms with Gasteiger partial charge in [-0.2, -0.15) is 0 Å². The van der Waals surface area contributed by atoms with E-state index in [2.05, 4.69) is 36.1 Å². The second-order valence-electron chi connectivity index (χ2n) is 8.53. The summed E-state index contributed by atoms with van der Waals surface area (Å²) >= 11 is 0. The smallest absolute Gasteiger partial charge is 0.242 e. The van der Waals surface area contributed by atoms with Crippen LogP contribution in [0.15, 0.2) is 53.4 Å². The van der Waals surface area contributed by atoms with Crippen LogP contribution in [-0.4, -0.2) is 44.9 Å². The van der Waals surface area contributed by atoms with Crippen LogP contribution in [0.3, 0.4) is 0 Å². The summed E-state index contributed by atoms with van der Waals surface area (Å²) in [4.78, 5) is 17.2. The lowest BCUT2D eigenvalue weighted by atomic mass is 9.90. The number of rotatable bonds is 5. The first kappa shape index (κ1) is 20.9. The number of piperidine rings is 1. The predicted octanol–water partition coefficient (Wildman–Crippen LogP) is 2.57. The Kier molecular flexibility index (Phi) is 5.84. The summed E-state index contributed by atoms with van der Waals surface area (Å²) in [5, 5.41) is 5.26. The molecule has 2 heterocycles. The SMILES string of the molecule is CC1Cc2cc(S(N)(=O)=O)ccc2N1CC(=O)N1CCC(Cc2ccccc2)CC1. The van der Waals surface area contributed by atoms with E-state index in [0.717, 1.165) is 43.6 Å². The fourth-order valence-corrected chi connectivity index (χ4v) is 5.23. The molecule has 0 radical (unpaired) electrons. The highest BCUT2D eigenvalue weighted by Crippen LogP contribution is 2.33. The second kappa shape index (κ2) is 8.40. The number of primary sulfonamides is 1. The van der Waals surface area contributed by atoms with Crippen LogP contribution in [0, 0.1) is 5.92 Å². The molecule has 0 spiro atoms. The highest BCUT2D eigenvalue weighted by molar-refractivity contribution is 7.89. The molecular weight excluding hydrogens is 398 g/mol. The molecule has 0 bridgehead atoms. The molecule has 30 heavy (non-hydrogen) atoms. The fourth-order valence-electron chi connectivity index (χ4n) is 4.67. The molecule has 1 fully saturated rings. The molecule has 0 aromatic heterocycles. The predicted molar refractivity (Wildman–Crippen MR) is 118 cm³/mol. The fraction of sp³-hybridized carbons (Fsp3) is 0.435. The van der Waals surface area contributed by atoms with Gasteiger partial charge in [0.05, 0.1) is 11.4 Å². The molecule has 1 saturated heterocycles. The van der Waals surface area contributed by atoms with Gasteiger partial charge in [0, 0.05) is 24.8 Å². The van der Waals surface area contributed by atoms with Gasteiger partial charge in [-0.15, -0.1) is 0 Å². The molecule has 2 N–H and O–H groups in total. The quantitative estimate of drug-likeness (QED) is 0.795. The topological polar surface area (TPSA) is 83.7 Å². The number of nitrogens with two attached hydrogens (primary N) is 1. The number of anilines is 1. The van der Waals surface area contributed by atoms with Crippen molar-refractivity contribution < 1.29 is 13.2 Å². The van der Waals surface area contributed by atoms with Crippen LogP contribution in [-0.2, 0) is 27.7 Å². The molecule has 7 heteroatoms. The van der Waals surface area contributed by atoms with Crippen molar-refractivity contribution in [3.05, 3.63) is 59.7 Å². The Hall–Kier alpha value is -2.38. The van der Waals surface area contributed by atoms with Crippen LogP contribution in [0.2, 0.25) is 0 Å². The van der Waals surface area contributed by atoms with Gasteiger partial charge < -0.3 is 9.80 Å². The molecule has 2 aliphatic heterocycles. The van der Waals surface area contributed by atoms with Gasteiger partial charge in [-0.1, -0.05) is 30.3 Å². The number of sulfonamides is 1. The van der Waals surface area contributed by atoms with Crippen LogP contribution >= 0.6 is 0 Å². The van der Waals surface area contributed by atoms with Crippen molar-refractivity contribution >= 4 is 21.6 Å². The van der Waals surface area contributed by atoms with Crippen molar-refractivity contribution in [2.45, 2.75) is 43.5 Å². The van der Waals surface area contributed by atoms with E-state index in [-0.39, 0.29) is 16.8 Å². The number of benzene rings is 2. The highest BCUT2D eigenvalue weighted by Gasteiger charge is 2.31. The van der Waals surface area contributed by atoms with Gasteiger partial charge in [0.15, 0.2) is 0 Å². The molecule has 2 aliphatic rings. The third-order valence-electron chi connectivity index (χ3n) is 6.38. The lowest BCUT2D eigenvalue weighted by molar-refractivity contribution is -0.131. The van der Waals surface area contributed by atoms with E-state index in [9.17, 15) is 13.2 Å². The zero-order valence-corrected chi connectivity index (χ0v) is 18.1. The van der Waals surface area contributed by atoms with Crippen molar-refractivity contribution in [2.24, 2.45) is 11.1 Å². The summed E-state index contributed by atoms with van der Waals surface area (Å²) in [5.41, 5.74) is 3.23. The standard InChI is InChI=1S/C23H29N3O3S/c1-17-13-20-15-21(30(24,28)29)7-8-22(20)26(17)16-23(27)25-11-9-19(10-12-25)14-18-5-3-2-4-6-18/h2-8,15,17,19H,9-14,16H2,1H3,(H2,24,28,29).